The highest BCUT2D eigenvalue weighted by Crippen LogP contribution is 2.07. The average molecular weight is 343 g/mol. The number of rotatable bonds is 9. The molecule has 0 heterocycles. The third-order valence-corrected chi connectivity index (χ3v) is 3.29. The number of nitrogens with one attached hydrogen (secondary N) is 2. The highest BCUT2D eigenvalue weighted by atomic mass is 35.5. The molecule has 6 heteroatoms. The van der Waals surface area contributed by atoms with Crippen molar-refractivity contribution in [3.63, 3.8) is 0 Å². The van der Waals surface area contributed by atoms with Gasteiger partial charge in [0.15, 0.2) is 0 Å². The van der Waals surface area contributed by atoms with E-state index in [1.807, 2.05) is 51.1 Å². The second kappa shape index (κ2) is 10.5. The highest BCUT2D eigenvalue weighted by Gasteiger charge is 2.15. The van der Waals surface area contributed by atoms with Gasteiger partial charge in [0.05, 0.1) is 6.61 Å². The van der Waals surface area contributed by atoms with E-state index in [2.05, 4.69) is 10.8 Å². The fourth-order valence-corrected chi connectivity index (χ4v) is 2.06. The van der Waals surface area contributed by atoms with Crippen molar-refractivity contribution < 1.29 is 14.4 Å². The number of benzene rings is 1. The molecule has 0 spiro atoms. The Morgan fingerprint density at radius 2 is 1.96 bits per heavy atom. The normalized spacial score (nSPS) is 12.7. The van der Waals surface area contributed by atoms with E-state index in [0.29, 0.717) is 19.0 Å². The monoisotopic (exact) mass is 342 g/mol. The van der Waals surface area contributed by atoms with Crippen LogP contribution in [0, 0.1) is 0 Å². The molecule has 130 valence electrons. The van der Waals surface area contributed by atoms with Crippen LogP contribution < -0.4 is 10.8 Å². The van der Waals surface area contributed by atoms with Crippen LogP contribution in [-0.2, 0) is 16.2 Å². The summed E-state index contributed by atoms with van der Waals surface area (Å²) >= 11 is 5.92. The zero-order valence-electron chi connectivity index (χ0n) is 14.1. The van der Waals surface area contributed by atoms with Gasteiger partial charge in [0, 0.05) is 18.5 Å². The van der Waals surface area contributed by atoms with Gasteiger partial charge in [0.2, 0.25) is 0 Å². The lowest BCUT2D eigenvalue weighted by atomic mass is 10.2. The first-order chi connectivity index (χ1) is 10.9. The Hall–Kier alpha value is -1.30. The molecule has 0 aliphatic carbocycles. The van der Waals surface area contributed by atoms with Crippen molar-refractivity contribution in [2.45, 2.75) is 51.9 Å². The van der Waals surface area contributed by atoms with Crippen LogP contribution in [0.3, 0.4) is 0 Å². The van der Waals surface area contributed by atoms with Crippen LogP contribution in [0.15, 0.2) is 30.3 Å². The summed E-state index contributed by atoms with van der Waals surface area (Å²) in [6.07, 6.45) is 1.19. The van der Waals surface area contributed by atoms with Crippen molar-refractivity contribution in [1.29, 1.82) is 0 Å². The molecule has 0 bridgehead atoms. The average Bonchev–Trinajstić information content (AvgIpc) is 2.49. The van der Waals surface area contributed by atoms with Crippen molar-refractivity contribution in [1.82, 2.24) is 10.8 Å². The van der Waals surface area contributed by atoms with Gasteiger partial charge in [0.1, 0.15) is 5.60 Å². The number of alkyl halides is 1. The van der Waals surface area contributed by atoms with Crippen LogP contribution in [0.5, 0.6) is 0 Å². The van der Waals surface area contributed by atoms with E-state index in [4.69, 9.17) is 21.2 Å². The number of alkyl carbamates (subject to hydrolysis) is 1. The SMILES string of the molecule is CC(C)(C)OC(=O)NCCCC(CCl)NOCc1ccccc1. The summed E-state index contributed by atoms with van der Waals surface area (Å²) in [7, 11) is 0. The molecule has 1 rings (SSSR count). The molecule has 0 radical (unpaired) electrons. The predicted octanol–water partition coefficient (Wildman–Crippen LogP) is 3.62. The minimum atomic E-state index is -0.477. The number of amides is 1. The van der Waals surface area contributed by atoms with Crippen molar-refractivity contribution in [3.05, 3.63) is 35.9 Å². The molecule has 1 unspecified atom stereocenters. The van der Waals surface area contributed by atoms with E-state index in [-0.39, 0.29) is 6.04 Å². The van der Waals surface area contributed by atoms with Crippen LogP contribution >= 0.6 is 11.6 Å². The number of hydrogen-bond acceptors (Lipinski definition) is 4. The summed E-state index contributed by atoms with van der Waals surface area (Å²) in [5, 5.41) is 2.73. The van der Waals surface area contributed by atoms with E-state index >= 15 is 0 Å². The fraction of sp³-hybridized carbons (Fsp3) is 0.588. The Bertz CT molecular complexity index is 449. The molecule has 0 fully saturated rings. The molecule has 1 amide bonds. The number of halogens is 1. The van der Waals surface area contributed by atoms with Crippen LogP contribution in [-0.4, -0.2) is 30.2 Å². The molecule has 0 aliphatic rings. The summed E-state index contributed by atoms with van der Waals surface area (Å²) in [5.74, 6) is 0.446. The maximum Gasteiger partial charge on any atom is 0.407 e. The second-order valence-electron chi connectivity index (χ2n) is 6.31. The third-order valence-electron chi connectivity index (χ3n) is 2.92. The molecular weight excluding hydrogens is 316 g/mol. The Kier molecular flexibility index (Phi) is 8.99. The molecule has 0 saturated carbocycles. The van der Waals surface area contributed by atoms with Gasteiger partial charge in [-0.05, 0) is 39.2 Å². The van der Waals surface area contributed by atoms with Gasteiger partial charge in [-0.1, -0.05) is 30.3 Å². The lowest BCUT2D eigenvalue weighted by Crippen LogP contribution is -2.35. The number of carbonyl (C=O) groups is 1. The second-order valence-corrected chi connectivity index (χ2v) is 6.62. The molecule has 1 aromatic rings. The Morgan fingerprint density at radius 1 is 1.26 bits per heavy atom. The van der Waals surface area contributed by atoms with Crippen molar-refractivity contribution >= 4 is 17.7 Å². The smallest absolute Gasteiger partial charge is 0.407 e. The molecule has 1 atom stereocenters. The highest BCUT2D eigenvalue weighted by molar-refractivity contribution is 6.18. The van der Waals surface area contributed by atoms with Gasteiger partial charge in [-0.3, -0.25) is 4.84 Å². The largest absolute Gasteiger partial charge is 0.444 e. The lowest BCUT2D eigenvalue weighted by Gasteiger charge is -2.20. The topological polar surface area (TPSA) is 59.6 Å². The van der Waals surface area contributed by atoms with Crippen LogP contribution in [0.25, 0.3) is 0 Å². The molecule has 23 heavy (non-hydrogen) atoms. The Labute approximate surface area is 143 Å². The Balaban J connectivity index is 2.13. The molecule has 0 saturated heterocycles. The molecular formula is C17H27ClN2O3. The third kappa shape index (κ3) is 10.2. The van der Waals surface area contributed by atoms with Crippen molar-refractivity contribution in [2.75, 3.05) is 12.4 Å². The lowest BCUT2D eigenvalue weighted by molar-refractivity contribution is 0.00614. The van der Waals surface area contributed by atoms with E-state index in [9.17, 15) is 4.79 Å². The van der Waals surface area contributed by atoms with Gasteiger partial charge in [-0.25, -0.2) is 4.79 Å². The van der Waals surface area contributed by atoms with E-state index in [0.717, 1.165) is 18.4 Å². The van der Waals surface area contributed by atoms with Gasteiger partial charge in [0.25, 0.3) is 0 Å². The fourth-order valence-electron chi connectivity index (χ4n) is 1.84. The predicted molar refractivity (Wildman–Crippen MR) is 92.3 cm³/mol. The van der Waals surface area contributed by atoms with Crippen molar-refractivity contribution in [2.24, 2.45) is 0 Å². The molecule has 2 N–H and O–H groups in total. The molecule has 5 nitrogen and oxygen atoms in total. The molecule has 0 aromatic heterocycles. The van der Waals surface area contributed by atoms with E-state index in [1.165, 1.54) is 0 Å². The number of carbonyl (C=O) groups excluding carboxylic acids is 1. The van der Waals surface area contributed by atoms with Crippen LogP contribution in [0.1, 0.15) is 39.2 Å². The molecule has 1 aromatic carbocycles. The number of hydroxylamine groups is 1. The summed E-state index contributed by atoms with van der Waals surface area (Å²) in [5.41, 5.74) is 3.59. The van der Waals surface area contributed by atoms with Gasteiger partial charge in [-0.2, -0.15) is 5.48 Å². The van der Waals surface area contributed by atoms with Gasteiger partial charge < -0.3 is 10.1 Å². The zero-order chi connectivity index (χ0) is 17.1. The minimum Gasteiger partial charge on any atom is -0.444 e. The number of hydrogen-bond donors (Lipinski definition) is 2. The maximum absolute atomic E-state index is 11.5. The van der Waals surface area contributed by atoms with E-state index in [1.54, 1.807) is 0 Å². The quantitative estimate of drug-likeness (QED) is 0.409. The van der Waals surface area contributed by atoms with Gasteiger partial charge >= 0.3 is 6.09 Å². The zero-order valence-corrected chi connectivity index (χ0v) is 14.9. The van der Waals surface area contributed by atoms with Gasteiger partial charge in [-0.15, -0.1) is 11.6 Å². The number of ether oxygens (including phenoxy) is 1. The first kappa shape index (κ1) is 19.7. The Morgan fingerprint density at radius 3 is 2.57 bits per heavy atom. The minimum absolute atomic E-state index is 0.0424. The van der Waals surface area contributed by atoms with Crippen LogP contribution in [0.4, 0.5) is 4.79 Å². The van der Waals surface area contributed by atoms with E-state index < -0.39 is 11.7 Å². The first-order valence-electron chi connectivity index (χ1n) is 7.85. The van der Waals surface area contributed by atoms with Crippen molar-refractivity contribution in [3.8, 4) is 0 Å². The summed E-state index contributed by atoms with van der Waals surface area (Å²) in [6, 6.07) is 9.96. The summed E-state index contributed by atoms with van der Waals surface area (Å²) < 4.78 is 5.17. The summed E-state index contributed by atoms with van der Waals surface area (Å²) in [6.45, 7) is 6.55. The van der Waals surface area contributed by atoms with Crippen LogP contribution in [0.2, 0.25) is 0 Å². The summed E-state index contributed by atoms with van der Waals surface area (Å²) in [4.78, 5) is 17.0. The molecule has 0 aliphatic heterocycles. The first-order valence-corrected chi connectivity index (χ1v) is 8.38. The standard InChI is InChI=1S/C17H27ClN2O3/c1-17(2,3)23-16(21)19-11-7-10-15(12-18)20-22-13-14-8-5-4-6-9-14/h4-6,8-9,15,20H,7,10-13H2,1-3H3,(H,19,21). The maximum atomic E-state index is 11.5.